The lowest BCUT2D eigenvalue weighted by atomic mass is 9.95. The lowest BCUT2D eigenvalue weighted by molar-refractivity contribution is 0.167. The van der Waals surface area contributed by atoms with Gasteiger partial charge in [0.05, 0.1) is 0 Å². The quantitative estimate of drug-likeness (QED) is 0.663. The van der Waals surface area contributed by atoms with Crippen LogP contribution in [0, 0.1) is 5.92 Å². The molecule has 1 aliphatic rings. The molecule has 0 amide bonds. The predicted molar refractivity (Wildman–Crippen MR) is 60.4 cm³/mol. The van der Waals surface area contributed by atoms with Crippen LogP contribution in [0.25, 0.3) is 0 Å². The highest BCUT2D eigenvalue weighted by molar-refractivity contribution is 4.71. The molecule has 1 atom stereocenters. The van der Waals surface area contributed by atoms with Crippen molar-refractivity contribution in [3.05, 3.63) is 0 Å². The van der Waals surface area contributed by atoms with Crippen molar-refractivity contribution < 1.29 is 5.11 Å². The van der Waals surface area contributed by atoms with Gasteiger partial charge in [-0.15, -0.1) is 0 Å². The number of hydrogen-bond donors (Lipinski definition) is 1. The van der Waals surface area contributed by atoms with Gasteiger partial charge in [0.1, 0.15) is 0 Å². The maximum atomic E-state index is 8.67. The van der Waals surface area contributed by atoms with E-state index in [1.807, 2.05) is 0 Å². The zero-order chi connectivity index (χ0) is 10.2. The normalized spacial score (nSPS) is 24.0. The molecule has 0 bridgehead atoms. The van der Waals surface area contributed by atoms with Crippen molar-refractivity contribution in [1.82, 2.24) is 4.90 Å². The van der Waals surface area contributed by atoms with Crippen molar-refractivity contribution in [1.29, 1.82) is 0 Å². The molecule has 1 fully saturated rings. The number of aliphatic hydroxyl groups is 1. The number of unbranched alkanes of at least 4 members (excludes halogenated alkanes) is 2. The average Bonchev–Trinajstić information content (AvgIpc) is 2.25. The topological polar surface area (TPSA) is 23.5 Å². The molecule has 2 nitrogen and oxygen atoms in total. The third-order valence-corrected chi connectivity index (χ3v) is 3.31. The smallest absolute Gasteiger partial charge is 0.0431 e. The number of hydrogen-bond acceptors (Lipinski definition) is 2. The molecule has 0 aliphatic carbocycles. The molecule has 0 spiro atoms. The lowest BCUT2D eigenvalue weighted by Gasteiger charge is -2.32. The first-order valence-corrected chi connectivity index (χ1v) is 6.20. The van der Waals surface area contributed by atoms with E-state index in [9.17, 15) is 0 Å². The average molecular weight is 199 g/mol. The maximum Gasteiger partial charge on any atom is 0.0431 e. The predicted octanol–water partition coefficient (Wildman–Crippen LogP) is 2.27. The van der Waals surface area contributed by atoms with E-state index in [1.165, 1.54) is 51.7 Å². The van der Waals surface area contributed by atoms with E-state index >= 15 is 0 Å². The Morgan fingerprint density at radius 1 is 1.29 bits per heavy atom. The number of nitrogens with zero attached hydrogens (tertiary/aromatic N) is 1. The zero-order valence-corrected chi connectivity index (χ0v) is 9.54. The number of aliphatic hydroxyl groups excluding tert-OH is 1. The molecule has 1 heterocycles. The summed E-state index contributed by atoms with van der Waals surface area (Å²) in [7, 11) is 0. The van der Waals surface area contributed by atoms with Crippen molar-refractivity contribution in [2.24, 2.45) is 5.92 Å². The highest BCUT2D eigenvalue weighted by Crippen LogP contribution is 2.19. The van der Waals surface area contributed by atoms with Gasteiger partial charge in [0.2, 0.25) is 0 Å². The van der Waals surface area contributed by atoms with Crippen molar-refractivity contribution >= 4 is 0 Å². The third-order valence-electron chi connectivity index (χ3n) is 3.31. The summed E-state index contributed by atoms with van der Waals surface area (Å²) >= 11 is 0. The fourth-order valence-electron chi connectivity index (χ4n) is 2.31. The monoisotopic (exact) mass is 199 g/mol. The van der Waals surface area contributed by atoms with Crippen molar-refractivity contribution in [2.45, 2.75) is 45.4 Å². The van der Waals surface area contributed by atoms with Crippen LogP contribution in [-0.2, 0) is 0 Å². The van der Waals surface area contributed by atoms with Crippen molar-refractivity contribution in [3.63, 3.8) is 0 Å². The first-order chi connectivity index (χ1) is 6.86. The Morgan fingerprint density at radius 3 is 2.86 bits per heavy atom. The Kier molecular flexibility index (Phi) is 6.20. The maximum absolute atomic E-state index is 8.67. The Balaban J connectivity index is 2.05. The van der Waals surface area contributed by atoms with Crippen LogP contribution in [0.1, 0.15) is 45.4 Å². The first-order valence-electron chi connectivity index (χ1n) is 6.20. The van der Waals surface area contributed by atoms with Crippen LogP contribution in [-0.4, -0.2) is 36.2 Å². The fraction of sp³-hybridized carbons (Fsp3) is 1.00. The minimum absolute atomic E-state index is 0.359. The molecule has 0 aromatic carbocycles. The second-order valence-corrected chi connectivity index (χ2v) is 4.50. The third kappa shape index (κ3) is 4.43. The van der Waals surface area contributed by atoms with Crippen molar-refractivity contribution in [2.75, 3.05) is 26.2 Å². The molecular weight excluding hydrogens is 174 g/mol. The van der Waals surface area contributed by atoms with Gasteiger partial charge in [-0.25, -0.2) is 0 Å². The summed E-state index contributed by atoms with van der Waals surface area (Å²) in [6.45, 7) is 6.53. The molecule has 1 rings (SSSR count). The lowest BCUT2D eigenvalue weighted by Crippen LogP contribution is -2.35. The van der Waals surface area contributed by atoms with E-state index in [-0.39, 0.29) is 0 Å². The Morgan fingerprint density at radius 2 is 2.14 bits per heavy atom. The number of likely N-dealkylation sites (tertiary alicyclic amines) is 1. The van der Waals surface area contributed by atoms with Gasteiger partial charge in [-0.3, -0.25) is 0 Å². The molecule has 0 aromatic rings. The Labute approximate surface area is 88.3 Å². The van der Waals surface area contributed by atoms with Gasteiger partial charge in [-0.05, 0) is 51.1 Å². The molecule has 1 N–H and O–H groups in total. The van der Waals surface area contributed by atoms with Gasteiger partial charge in [0.15, 0.2) is 0 Å². The van der Waals surface area contributed by atoms with Crippen molar-refractivity contribution in [3.8, 4) is 0 Å². The SMILES string of the molecule is CCC1CCCN(CCCCCO)C1. The fourth-order valence-corrected chi connectivity index (χ4v) is 2.31. The van der Waals surface area contributed by atoms with Crippen LogP contribution in [0.5, 0.6) is 0 Å². The number of rotatable bonds is 6. The van der Waals surface area contributed by atoms with E-state index in [1.54, 1.807) is 0 Å². The van der Waals surface area contributed by atoms with Gasteiger partial charge in [0.25, 0.3) is 0 Å². The summed E-state index contributed by atoms with van der Waals surface area (Å²) in [6.07, 6.45) is 7.58. The first kappa shape index (κ1) is 12.0. The minimum Gasteiger partial charge on any atom is -0.396 e. The molecule has 84 valence electrons. The van der Waals surface area contributed by atoms with Gasteiger partial charge >= 0.3 is 0 Å². The Hall–Kier alpha value is -0.0800. The van der Waals surface area contributed by atoms with E-state index in [0.29, 0.717) is 6.61 Å². The summed E-state index contributed by atoms with van der Waals surface area (Å²) in [6, 6.07) is 0. The van der Waals surface area contributed by atoms with E-state index in [0.717, 1.165) is 12.3 Å². The summed E-state index contributed by atoms with van der Waals surface area (Å²) in [4.78, 5) is 2.61. The van der Waals surface area contributed by atoms with Crippen LogP contribution in [0.15, 0.2) is 0 Å². The van der Waals surface area contributed by atoms with E-state index in [2.05, 4.69) is 11.8 Å². The summed E-state index contributed by atoms with van der Waals surface area (Å²) in [5.41, 5.74) is 0. The number of piperidine rings is 1. The molecule has 1 unspecified atom stereocenters. The summed E-state index contributed by atoms with van der Waals surface area (Å²) in [5, 5.41) is 8.67. The summed E-state index contributed by atoms with van der Waals surface area (Å²) in [5.74, 6) is 0.946. The molecule has 2 heteroatoms. The van der Waals surface area contributed by atoms with Crippen LogP contribution in [0.4, 0.5) is 0 Å². The van der Waals surface area contributed by atoms with Crippen LogP contribution < -0.4 is 0 Å². The van der Waals surface area contributed by atoms with Gasteiger partial charge in [-0.1, -0.05) is 13.3 Å². The van der Waals surface area contributed by atoms with E-state index in [4.69, 9.17) is 5.11 Å². The second-order valence-electron chi connectivity index (χ2n) is 4.50. The molecule has 0 saturated carbocycles. The molecular formula is C12H25NO. The molecule has 1 saturated heterocycles. The van der Waals surface area contributed by atoms with E-state index < -0.39 is 0 Å². The highest BCUT2D eigenvalue weighted by Gasteiger charge is 2.17. The van der Waals surface area contributed by atoms with Crippen LogP contribution >= 0.6 is 0 Å². The standard InChI is InChI=1S/C12H25NO/c1-2-12-7-6-9-13(11-12)8-4-3-5-10-14/h12,14H,2-11H2,1H3. The highest BCUT2D eigenvalue weighted by atomic mass is 16.2. The van der Waals surface area contributed by atoms with Crippen LogP contribution in [0.3, 0.4) is 0 Å². The minimum atomic E-state index is 0.359. The van der Waals surface area contributed by atoms with Gasteiger partial charge in [0, 0.05) is 13.2 Å². The Bertz CT molecular complexity index is 138. The molecule has 1 aliphatic heterocycles. The van der Waals surface area contributed by atoms with Gasteiger partial charge in [-0.2, -0.15) is 0 Å². The van der Waals surface area contributed by atoms with Crippen LogP contribution in [0.2, 0.25) is 0 Å². The largest absolute Gasteiger partial charge is 0.396 e. The molecule has 0 radical (unpaired) electrons. The zero-order valence-electron chi connectivity index (χ0n) is 9.54. The molecule has 0 aromatic heterocycles. The summed E-state index contributed by atoms with van der Waals surface area (Å²) < 4.78 is 0. The molecule has 14 heavy (non-hydrogen) atoms. The van der Waals surface area contributed by atoms with Gasteiger partial charge < -0.3 is 10.0 Å². The second kappa shape index (κ2) is 7.24.